The molecule has 0 bridgehead atoms. The molecule has 2 aliphatic rings. The average Bonchev–Trinajstić information content (AvgIpc) is 3.51. The van der Waals surface area contributed by atoms with Crippen LogP contribution in [-0.4, -0.2) is 57.5 Å². The highest BCUT2D eigenvalue weighted by atomic mass is 16.2. The summed E-state index contributed by atoms with van der Waals surface area (Å²) in [5.41, 5.74) is 4.15. The molecule has 5 nitrogen and oxygen atoms in total. The van der Waals surface area contributed by atoms with Gasteiger partial charge < -0.3 is 9.47 Å². The largest absolute Gasteiger partial charge is 0.337 e. The maximum atomic E-state index is 13.0. The van der Waals surface area contributed by atoms with Crippen molar-refractivity contribution in [2.24, 2.45) is 0 Å². The Balaban J connectivity index is 1.31. The van der Waals surface area contributed by atoms with Crippen LogP contribution < -0.4 is 0 Å². The second-order valence-electron chi connectivity index (χ2n) is 8.75. The van der Waals surface area contributed by atoms with Gasteiger partial charge in [0, 0.05) is 24.7 Å². The number of fused-ring (bicyclic) bond motifs is 1. The first-order valence-corrected chi connectivity index (χ1v) is 11.2. The van der Waals surface area contributed by atoms with Crippen LogP contribution in [0.25, 0.3) is 11.0 Å². The first-order valence-electron chi connectivity index (χ1n) is 11.2. The van der Waals surface area contributed by atoms with E-state index >= 15 is 0 Å². The van der Waals surface area contributed by atoms with Crippen LogP contribution >= 0.6 is 0 Å². The standard InChI is InChI=1S/C25H30N4O/c1-18(29-19(2)26-23-7-3-4-8-24(23)29)20-9-11-21(12-10-20)25(30)28-16-13-22(17-28)27-14-5-6-15-27/h3-4,7-12,18,22H,5-6,13-17H2,1-2H3/t18-,22?/m0/s1. The maximum Gasteiger partial charge on any atom is 0.253 e. The zero-order valence-electron chi connectivity index (χ0n) is 17.9. The van der Waals surface area contributed by atoms with Gasteiger partial charge in [0.1, 0.15) is 5.82 Å². The van der Waals surface area contributed by atoms with E-state index in [4.69, 9.17) is 4.98 Å². The van der Waals surface area contributed by atoms with Crippen LogP contribution in [0.1, 0.15) is 54.0 Å². The second-order valence-corrected chi connectivity index (χ2v) is 8.75. The molecule has 0 aliphatic carbocycles. The topological polar surface area (TPSA) is 41.4 Å². The van der Waals surface area contributed by atoms with E-state index in [2.05, 4.69) is 53.6 Å². The van der Waals surface area contributed by atoms with Crippen molar-refractivity contribution in [3.8, 4) is 0 Å². The second kappa shape index (κ2) is 7.88. The molecule has 156 valence electrons. The Bertz CT molecular complexity index is 1050. The van der Waals surface area contributed by atoms with E-state index in [1.807, 2.05) is 23.1 Å². The summed E-state index contributed by atoms with van der Waals surface area (Å²) in [5.74, 6) is 1.18. The van der Waals surface area contributed by atoms with Gasteiger partial charge in [-0.15, -0.1) is 0 Å². The predicted molar refractivity (Wildman–Crippen MR) is 120 cm³/mol. The van der Waals surface area contributed by atoms with Gasteiger partial charge in [-0.3, -0.25) is 9.69 Å². The lowest BCUT2D eigenvalue weighted by Gasteiger charge is -2.23. The molecule has 1 aromatic heterocycles. The molecule has 2 aromatic carbocycles. The number of hydrogen-bond acceptors (Lipinski definition) is 3. The average molecular weight is 403 g/mol. The van der Waals surface area contributed by atoms with Crippen molar-refractivity contribution in [3.63, 3.8) is 0 Å². The predicted octanol–water partition coefficient (Wildman–Crippen LogP) is 4.26. The Morgan fingerprint density at radius 1 is 1.03 bits per heavy atom. The van der Waals surface area contributed by atoms with Crippen LogP contribution in [-0.2, 0) is 0 Å². The van der Waals surface area contributed by atoms with E-state index in [0.717, 1.165) is 41.9 Å². The van der Waals surface area contributed by atoms with Crippen molar-refractivity contribution in [1.82, 2.24) is 19.4 Å². The molecule has 3 heterocycles. The fraction of sp³-hybridized carbons (Fsp3) is 0.440. The van der Waals surface area contributed by atoms with Gasteiger partial charge in [0.05, 0.1) is 17.1 Å². The third-order valence-corrected chi connectivity index (χ3v) is 6.91. The van der Waals surface area contributed by atoms with Crippen LogP contribution in [0.4, 0.5) is 0 Å². The molecule has 0 saturated carbocycles. The van der Waals surface area contributed by atoms with Gasteiger partial charge in [0.2, 0.25) is 0 Å². The van der Waals surface area contributed by atoms with Gasteiger partial charge in [-0.05, 0) is 76.0 Å². The zero-order chi connectivity index (χ0) is 20.7. The summed E-state index contributed by atoms with van der Waals surface area (Å²) in [6.07, 6.45) is 3.71. The van der Waals surface area contributed by atoms with Crippen LogP contribution in [0.5, 0.6) is 0 Å². The van der Waals surface area contributed by atoms with Gasteiger partial charge >= 0.3 is 0 Å². The summed E-state index contributed by atoms with van der Waals surface area (Å²) in [5, 5.41) is 0. The molecule has 0 radical (unpaired) electrons. The number of carbonyl (C=O) groups excluding carboxylic acids is 1. The summed E-state index contributed by atoms with van der Waals surface area (Å²) in [6.45, 7) is 8.39. The molecule has 5 heteroatoms. The van der Waals surface area contributed by atoms with E-state index in [0.29, 0.717) is 6.04 Å². The molecular formula is C25H30N4O. The summed E-state index contributed by atoms with van der Waals surface area (Å²) >= 11 is 0. The maximum absolute atomic E-state index is 13.0. The number of likely N-dealkylation sites (tertiary alicyclic amines) is 2. The fourth-order valence-electron chi connectivity index (χ4n) is 5.22. The number of aromatic nitrogens is 2. The highest BCUT2D eigenvalue weighted by Gasteiger charge is 2.32. The SMILES string of the molecule is Cc1nc2ccccc2n1[C@@H](C)c1ccc(C(=O)N2CCC(N3CCCC3)C2)cc1. The Kier molecular flexibility index (Phi) is 5.07. The molecule has 0 N–H and O–H groups in total. The number of carbonyl (C=O) groups is 1. The third-order valence-electron chi connectivity index (χ3n) is 6.91. The molecule has 2 saturated heterocycles. The minimum Gasteiger partial charge on any atom is -0.337 e. The Labute approximate surface area is 178 Å². The zero-order valence-corrected chi connectivity index (χ0v) is 17.9. The molecule has 3 aromatic rings. The van der Waals surface area contributed by atoms with Crippen LogP contribution in [0.2, 0.25) is 0 Å². The molecule has 0 spiro atoms. The quantitative estimate of drug-likeness (QED) is 0.655. The normalized spacial score (nSPS) is 20.9. The smallest absolute Gasteiger partial charge is 0.253 e. The van der Waals surface area contributed by atoms with Crippen molar-refractivity contribution < 1.29 is 4.79 Å². The molecule has 2 atom stereocenters. The highest BCUT2D eigenvalue weighted by Crippen LogP contribution is 2.27. The number of aryl methyl sites for hydroxylation is 1. The monoisotopic (exact) mass is 402 g/mol. The summed E-state index contributed by atoms with van der Waals surface area (Å²) in [7, 11) is 0. The first kappa shape index (κ1) is 19.3. The molecule has 5 rings (SSSR count). The first-order chi connectivity index (χ1) is 14.6. The van der Waals surface area contributed by atoms with E-state index < -0.39 is 0 Å². The molecule has 1 unspecified atom stereocenters. The lowest BCUT2D eigenvalue weighted by Crippen LogP contribution is -2.37. The molecule has 2 fully saturated rings. The van der Waals surface area contributed by atoms with Crippen molar-refractivity contribution >= 4 is 16.9 Å². The number of imidazole rings is 1. The van der Waals surface area contributed by atoms with Crippen LogP contribution in [0, 0.1) is 6.92 Å². The third kappa shape index (κ3) is 3.41. The van der Waals surface area contributed by atoms with E-state index in [1.165, 1.54) is 31.5 Å². The van der Waals surface area contributed by atoms with Gasteiger partial charge in [-0.2, -0.15) is 0 Å². The number of benzene rings is 2. The van der Waals surface area contributed by atoms with E-state index in [9.17, 15) is 4.79 Å². The van der Waals surface area contributed by atoms with Crippen LogP contribution in [0.3, 0.4) is 0 Å². The van der Waals surface area contributed by atoms with Gasteiger partial charge in [-0.1, -0.05) is 24.3 Å². The minimum absolute atomic E-state index is 0.160. The van der Waals surface area contributed by atoms with Gasteiger partial charge in [0.15, 0.2) is 0 Å². The van der Waals surface area contributed by atoms with Gasteiger partial charge in [0.25, 0.3) is 5.91 Å². The lowest BCUT2D eigenvalue weighted by atomic mass is 10.0. The molecule has 1 amide bonds. The van der Waals surface area contributed by atoms with Crippen LogP contribution in [0.15, 0.2) is 48.5 Å². The highest BCUT2D eigenvalue weighted by molar-refractivity contribution is 5.94. The Morgan fingerprint density at radius 2 is 1.77 bits per heavy atom. The van der Waals surface area contributed by atoms with Crippen molar-refractivity contribution in [2.45, 2.75) is 45.2 Å². The number of para-hydroxylation sites is 2. The molecular weight excluding hydrogens is 372 g/mol. The van der Waals surface area contributed by atoms with Crippen molar-refractivity contribution in [2.75, 3.05) is 26.2 Å². The lowest BCUT2D eigenvalue weighted by molar-refractivity contribution is 0.0780. The summed E-state index contributed by atoms with van der Waals surface area (Å²) < 4.78 is 2.27. The van der Waals surface area contributed by atoms with E-state index in [1.54, 1.807) is 0 Å². The Hall–Kier alpha value is -2.66. The number of rotatable bonds is 4. The Morgan fingerprint density at radius 3 is 2.53 bits per heavy atom. The summed E-state index contributed by atoms with van der Waals surface area (Å²) in [6, 6.07) is 17.1. The summed E-state index contributed by atoms with van der Waals surface area (Å²) in [4.78, 5) is 22.3. The molecule has 30 heavy (non-hydrogen) atoms. The van der Waals surface area contributed by atoms with Crippen molar-refractivity contribution in [1.29, 1.82) is 0 Å². The van der Waals surface area contributed by atoms with E-state index in [-0.39, 0.29) is 11.9 Å². The fourth-order valence-corrected chi connectivity index (χ4v) is 5.22. The minimum atomic E-state index is 0.160. The number of amides is 1. The number of hydrogen-bond donors (Lipinski definition) is 0. The number of nitrogens with zero attached hydrogens (tertiary/aromatic N) is 4. The van der Waals surface area contributed by atoms with Crippen molar-refractivity contribution in [3.05, 3.63) is 65.5 Å². The van der Waals surface area contributed by atoms with Gasteiger partial charge in [-0.25, -0.2) is 4.98 Å². The molecule has 2 aliphatic heterocycles.